The molecule has 1 atom stereocenters. The largest absolute Gasteiger partial charge is 0.370 e. The second-order valence-corrected chi connectivity index (χ2v) is 2.55. The molecule has 5 nitrogen and oxygen atoms in total. The first-order valence-electron chi connectivity index (χ1n) is 3.01. The maximum absolute atomic E-state index is 12.7. The van der Waals surface area contributed by atoms with E-state index >= 15 is 0 Å². The Kier molecular flexibility index (Phi) is 1.57. The molecule has 0 radical (unpaired) electrons. The van der Waals surface area contributed by atoms with Crippen molar-refractivity contribution in [2.24, 2.45) is 0 Å². The molecule has 7 heteroatoms. The highest BCUT2D eigenvalue weighted by molar-refractivity contribution is 6.01. The molecular formula is C5H6F2N2O3. The number of aliphatic hydroxyl groups is 1. The quantitative estimate of drug-likeness (QED) is 0.455. The van der Waals surface area contributed by atoms with Crippen LogP contribution in [0.4, 0.5) is 13.6 Å². The molecule has 1 fully saturated rings. The zero-order chi connectivity index (χ0) is 9.57. The Bertz CT molecular complexity index is 251. The Morgan fingerprint density at radius 3 is 2.33 bits per heavy atom. The Balaban J connectivity index is 3.02. The number of rotatable bonds is 0. The molecule has 0 aliphatic carbocycles. The molecule has 0 unspecified atom stereocenters. The van der Waals surface area contributed by atoms with Gasteiger partial charge in [0, 0.05) is 0 Å². The molecule has 3 N–H and O–H groups in total. The number of nitrogens with one attached hydrogen (secondary N) is 2. The highest BCUT2D eigenvalue weighted by Crippen LogP contribution is 2.28. The maximum atomic E-state index is 12.7. The smallest absolute Gasteiger partial charge is 0.366 e. The topological polar surface area (TPSA) is 78.4 Å². The van der Waals surface area contributed by atoms with Gasteiger partial charge in [0.15, 0.2) is 0 Å². The second kappa shape index (κ2) is 2.13. The number of carbonyl (C=O) groups is 2. The molecule has 1 saturated heterocycles. The first-order valence-corrected chi connectivity index (χ1v) is 3.01. The number of hydrogen-bond acceptors (Lipinski definition) is 3. The summed E-state index contributed by atoms with van der Waals surface area (Å²) < 4.78 is 25.3. The molecule has 0 spiro atoms. The number of urea groups is 1. The van der Waals surface area contributed by atoms with Crippen LogP contribution in [-0.4, -0.2) is 28.7 Å². The molecule has 0 aromatic heterocycles. The van der Waals surface area contributed by atoms with Crippen molar-refractivity contribution in [1.82, 2.24) is 10.6 Å². The lowest BCUT2D eigenvalue weighted by Crippen LogP contribution is -2.71. The van der Waals surface area contributed by atoms with Gasteiger partial charge in [0.25, 0.3) is 0 Å². The fraction of sp³-hybridized carbons (Fsp3) is 0.600. The third kappa shape index (κ3) is 1.02. The fourth-order valence-corrected chi connectivity index (χ4v) is 0.733. The van der Waals surface area contributed by atoms with Crippen LogP contribution in [0.5, 0.6) is 0 Å². The summed E-state index contributed by atoms with van der Waals surface area (Å²) in [4.78, 5) is 20.9. The van der Waals surface area contributed by atoms with Crippen LogP contribution in [0.1, 0.15) is 6.92 Å². The summed E-state index contributed by atoms with van der Waals surface area (Å²) >= 11 is 0. The van der Waals surface area contributed by atoms with Gasteiger partial charge < -0.3 is 10.4 Å². The zero-order valence-corrected chi connectivity index (χ0v) is 6.02. The predicted molar refractivity (Wildman–Crippen MR) is 32.2 cm³/mol. The van der Waals surface area contributed by atoms with Gasteiger partial charge in [0.2, 0.25) is 5.72 Å². The van der Waals surface area contributed by atoms with E-state index in [4.69, 9.17) is 5.11 Å². The Hall–Kier alpha value is -1.24. The van der Waals surface area contributed by atoms with Crippen molar-refractivity contribution in [1.29, 1.82) is 0 Å². The highest BCUT2D eigenvalue weighted by atomic mass is 19.3. The van der Waals surface area contributed by atoms with E-state index < -0.39 is 23.6 Å². The van der Waals surface area contributed by atoms with E-state index in [1.54, 1.807) is 0 Å². The molecule has 1 aliphatic rings. The average Bonchev–Trinajstić information content (AvgIpc) is 1.82. The summed E-state index contributed by atoms with van der Waals surface area (Å²) in [5.41, 5.74) is -2.83. The summed E-state index contributed by atoms with van der Waals surface area (Å²) in [6.07, 6.45) is 0. The van der Waals surface area contributed by atoms with Crippen molar-refractivity contribution in [2.75, 3.05) is 0 Å². The van der Waals surface area contributed by atoms with Crippen LogP contribution in [0.2, 0.25) is 0 Å². The number of carbonyl (C=O) groups excluding carboxylic acids is 2. The minimum absolute atomic E-state index is 0.643. The minimum Gasteiger partial charge on any atom is -0.366 e. The van der Waals surface area contributed by atoms with Gasteiger partial charge in [0.1, 0.15) is 0 Å². The normalized spacial score (nSPS) is 34.0. The van der Waals surface area contributed by atoms with Crippen molar-refractivity contribution in [3.8, 4) is 0 Å². The Labute approximate surface area is 65.7 Å². The lowest BCUT2D eigenvalue weighted by atomic mass is 10.1. The van der Waals surface area contributed by atoms with Gasteiger partial charge >= 0.3 is 17.9 Å². The fourth-order valence-electron chi connectivity index (χ4n) is 0.733. The molecule has 1 aliphatic heterocycles. The van der Waals surface area contributed by atoms with Crippen molar-refractivity contribution in [3.63, 3.8) is 0 Å². The van der Waals surface area contributed by atoms with Crippen LogP contribution < -0.4 is 10.6 Å². The lowest BCUT2D eigenvalue weighted by molar-refractivity contribution is -0.197. The van der Waals surface area contributed by atoms with Crippen LogP contribution in [0.3, 0.4) is 0 Å². The number of hydrogen-bond donors (Lipinski definition) is 3. The third-order valence-corrected chi connectivity index (χ3v) is 1.48. The third-order valence-electron chi connectivity index (χ3n) is 1.48. The number of imide groups is 1. The molecule has 0 aromatic carbocycles. The van der Waals surface area contributed by atoms with Crippen LogP contribution >= 0.6 is 0 Å². The van der Waals surface area contributed by atoms with E-state index in [0.29, 0.717) is 6.92 Å². The molecule has 0 aromatic rings. The minimum atomic E-state index is -4.01. The van der Waals surface area contributed by atoms with Gasteiger partial charge in [-0.1, -0.05) is 0 Å². The molecule has 1 heterocycles. The summed E-state index contributed by atoms with van der Waals surface area (Å²) in [5, 5.41) is 11.7. The van der Waals surface area contributed by atoms with Gasteiger partial charge in [-0.25, -0.2) is 4.79 Å². The van der Waals surface area contributed by atoms with Crippen molar-refractivity contribution >= 4 is 11.9 Å². The van der Waals surface area contributed by atoms with Gasteiger partial charge in [-0.05, 0) is 6.92 Å². The van der Waals surface area contributed by atoms with E-state index in [2.05, 4.69) is 0 Å². The summed E-state index contributed by atoms with van der Waals surface area (Å²) in [7, 11) is 0. The van der Waals surface area contributed by atoms with Gasteiger partial charge in [0.05, 0.1) is 0 Å². The van der Waals surface area contributed by atoms with Gasteiger partial charge in [-0.3, -0.25) is 10.1 Å². The Morgan fingerprint density at radius 1 is 1.42 bits per heavy atom. The van der Waals surface area contributed by atoms with E-state index in [-0.39, 0.29) is 0 Å². The summed E-state index contributed by atoms with van der Waals surface area (Å²) in [6, 6.07) is -1.14. The summed E-state index contributed by atoms with van der Waals surface area (Å²) in [6.45, 7) is 0.643. The molecule has 0 saturated carbocycles. The molecule has 3 amide bonds. The number of halogens is 2. The van der Waals surface area contributed by atoms with Crippen LogP contribution in [0.25, 0.3) is 0 Å². The average molecular weight is 180 g/mol. The van der Waals surface area contributed by atoms with E-state index in [9.17, 15) is 18.4 Å². The standard InChI is InChI=1S/C5H6F2N2O3/c1-4(12)5(6,7)2(10)8-3(11)9-4/h12H,1H3,(H2,8,9,10,11)/t4-/m1/s1. The van der Waals surface area contributed by atoms with E-state index in [0.717, 1.165) is 0 Å². The maximum Gasteiger partial charge on any atom is 0.370 e. The van der Waals surface area contributed by atoms with E-state index in [1.165, 1.54) is 10.6 Å². The predicted octanol–water partition coefficient (Wildman–Crippen LogP) is -0.830. The lowest BCUT2D eigenvalue weighted by Gasteiger charge is -2.35. The van der Waals surface area contributed by atoms with Crippen LogP contribution in [0.15, 0.2) is 0 Å². The van der Waals surface area contributed by atoms with Crippen molar-refractivity contribution in [2.45, 2.75) is 18.6 Å². The van der Waals surface area contributed by atoms with Gasteiger partial charge in [-0.2, -0.15) is 8.78 Å². The SMILES string of the molecule is C[C@]1(O)NC(=O)NC(=O)C1(F)F. The van der Waals surface area contributed by atoms with Crippen molar-refractivity contribution in [3.05, 3.63) is 0 Å². The second-order valence-electron chi connectivity index (χ2n) is 2.55. The molecule has 12 heavy (non-hydrogen) atoms. The van der Waals surface area contributed by atoms with Crippen LogP contribution in [0, 0.1) is 0 Å². The molecular weight excluding hydrogens is 174 g/mol. The number of alkyl halides is 2. The Morgan fingerprint density at radius 2 is 1.92 bits per heavy atom. The highest BCUT2D eigenvalue weighted by Gasteiger charge is 2.60. The van der Waals surface area contributed by atoms with Gasteiger partial charge in [-0.15, -0.1) is 0 Å². The summed E-state index contributed by atoms with van der Waals surface area (Å²) in [5.74, 6) is -5.82. The van der Waals surface area contributed by atoms with E-state index in [1.807, 2.05) is 0 Å². The van der Waals surface area contributed by atoms with Crippen molar-refractivity contribution < 1.29 is 23.5 Å². The first kappa shape index (κ1) is 8.85. The van der Waals surface area contributed by atoms with Crippen LogP contribution in [-0.2, 0) is 4.79 Å². The number of amides is 3. The monoisotopic (exact) mass is 180 g/mol. The first-order chi connectivity index (χ1) is 5.27. The molecule has 68 valence electrons. The molecule has 0 bridgehead atoms. The molecule has 1 rings (SSSR count). The zero-order valence-electron chi connectivity index (χ0n) is 6.02.